The molecule has 0 aromatic heterocycles. The van der Waals surface area contributed by atoms with Gasteiger partial charge >= 0.3 is 0 Å². The number of likely N-dealkylation sites (tertiary alicyclic amines) is 1. The van der Waals surface area contributed by atoms with E-state index in [0.717, 1.165) is 31.5 Å². The number of carbonyl (C=O) groups excluding carboxylic acids is 1. The van der Waals surface area contributed by atoms with Crippen LogP contribution in [-0.4, -0.2) is 36.5 Å². The fourth-order valence-corrected chi connectivity index (χ4v) is 3.45. The third-order valence-electron chi connectivity index (χ3n) is 4.54. The maximum atomic E-state index is 12.1. The van der Waals surface area contributed by atoms with E-state index >= 15 is 0 Å². The predicted octanol–water partition coefficient (Wildman–Crippen LogP) is 2.41. The zero-order chi connectivity index (χ0) is 13.0. The Balaban J connectivity index is 1.74. The highest BCUT2D eigenvalue weighted by atomic mass is 16.2. The van der Waals surface area contributed by atoms with Gasteiger partial charge in [0.1, 0.15) is 0 Å². The van der Waals surface area contributed by atoms with E-state index in [4.69, 9.17) is 0 Å². The van der Waals surface area contributed by atoms with Crippen molar-refractivity contribution >= 4 is 5.91 Å². The molecule has 2 unspecified atom stereocenters. The molecule has 2 atom stereocenters. The van der Waals surface area contributed by atoms with E-state index in [-0.39, 0.29) is 0 Å². The number of carbonyl (C=O) groups is 1. The van der Waals surface area contributed by atoms with Crippen LogP contribution in [0.3, 0.4) is 0 Å². The van der Waals surface area contributed by atoms with Gasteiger partial charge in [0.2, 0.25) is 5.91 Å². The molecule has 2 fully saturated rings. The van der Waals surface area contributed by atoms with E-state index in [9.17, 15) is 4.79 Å². The van der Waals surface area contributed by atoms with Crippen molar-refractivity contribution in [2.45, 2.75) is 58.4 Å². The third kappa shape index (κ3) is 3.71. The molecule has 1 aliphatic heterocycles. The van der Waals surface area contributed by atoms with E-state index in [1.54, 1.807) is 0 Å². The molecule has 1 saturated carbocycles. The fourth-order valence-electron chi connectivity index (χ4n) is 3.45. The van der Waals surface area contributed by atoms with Crippen LogP contribution in [0, 0.1) is 11.8 Å². The van der Waals surface area contributed by atoms with Crippen molar-refractivity contribution in [3.05, 3.63) is 0 Å². The summed E-state index contributed by atoms with van der Waals surface area (Å²) >= 11 is 0. The molecule has 1 amide bonds. The van der Waals surface area contributed by atoms with Gasteiger partial charge in [-0.15, -0.1) is 0 Å². The molecule has 1 heterocycles. The van der Waals surface area contributed by atoms with Crippen LogP contribution in [0.15, 0.2) is 0 Å². The third-order valence-corrected chi connectivity index (χ3v) is 4.54. The summed E-state index contributed by atoms with van der Waals surface area (Å²) in [7, 11) is 0. The second-order valence-electron chi connectivity index (χ2n) is 6.29. The zero-order valence-corrected chi connectivity index (χ0v) is 12.0. The second-order valence-corrected chi connectivity index (χ2v) is 6.29. The molecule has 2 aliphatic rings. The van der Waals surface area contributed by atoms with Crippen LogP contribution in [0.2, 0.25) is 0 Å². The Bertz CT molecular complexity index is 278. The SMILES string of the molecule is CC(C)NCCC(=O)N1CCC2CCCCC2C1. The van der Waals surface area contributed by atoms with Gasteiger partial charge in [-0.1, -0.05) is 33.1 Å². The van der Waals surface area contributed by atoms with Crippen molar-refractivity contribution in [3.63, 3.8) is 0 Å². The van der Waals surface area contributed by atoms with Crippen molar-refractivity contribution in [1.29, 1.82) is 0 Å². The largest absolute Gasteiger partial charge is 0.342 e. The lowest BCUT2D eigenvalue weighted by atomic mass is 9.75. The van der Waals surface area contributed by atoms with Crippen LogP contribution in [-0.2, 0) is 4.79 Å². The summed E-state index contributed by atoms with van der Waals surface area (Å²) in [5, 5.41) is 3.32. The van der Waals surface area contributed by atoms with Crippen LogP contribution in [0.5, 0.6) is 0 Å². The van der Waals surface area contributed by atoms with Gasteiger partial charge in [0, 0.05) is 32.1 Å². The number of piperidine rings is 1. The molecule has 18 heavy (non-hydrogen) atoms. The van der Waals surface area contributed by atoms with Gasteiger partial charge in [-0.2, -0.15) is 0 Å². The minimum Gasteiger partial charge on any atom is -0.342 e. The standard InChI is InChI=1S/C15H28N2O/c1-12(2)16-9-7-15(18)17-10-8-13-5-3-4-6-14(13)11-17/h12-14,16H,3-11H2,1-2H3. The lowest BCUT2D eigenvalue weighted by molar-refractivity contribution is -0.134. The van der Waals surface area contributed by atoms with E-state index in [1.807, 2.05) is 0 Å². The molecule has 1 aliphatic carbocycles. The minimum atomic E-state index is 0.354. The van der Waals surface area contributed by atoms with Crippen molar-refractivity contribution in [1.82, 2.24) is 10.2 Å². The van der Waals surface area contributed by atoms with Gasteiger partial charge in [-0.3, -0.25) is 4.79 Å². The van der Waals surface area contributed by atoms with Crippen LogP contribution >= 0.6 is 0 Å². The van der Waals surface area contributed by atoms with Crippen LogP contribution in [0.4, 0.5) is 0 Å². The smallest absolute Gasteiger partial charge is 0.223 e. The number of fused-ring (bicyclic) bond motifs is 1. The van der Waals surface area contributed by atoms with Crippen molar-refractivity contribution in [2.24, 2.45) is 11.8 Å². The van der Waals surface area contributed by atoms with Gasteiger partial charge < -0.3 is 10.2 Å². The summed E-state index contributed by atoms with van der Waals surface area (Å²) in [6, 6.07) is 0.474. The van der Waals surface area contributed by atoms with Gasteiger partial charge in [0.25, 0.3) is 0 Å². The average Bonchev–Trinajstić information content (AvgIpc) is 2.37. The summed E-state index contributed by atoms with van der Waals surface area (Å²) in [5.41, 5.74) is 0. The molecule has 1 N–H and O–H groups in total. The number of rotatable bonds is 4. The van der Waals surface area contributed by atoms with Gasteiger partial charge in [-0.25, -0.2) is 0 Å². The maximum Gasteiger partial charge on any atom is 0.223 e. The number of amides is 1. The molecule has 3 nitrogen and oxygen atoms in total. The lowest BCUT2D eigenvalue weighted by Gasteiger charge is -2.41. The Morgan fingerprint density at radius 2 is 1.94 bits per heavy atom. The first-order valence-corrected chi connectivity index (χ1v) is 7.68. The molecule has 104 valence electrons. The Morgan fingerprint density at radius 1 is 1.22 bits per heavy atom. The average molecular weight is 252 g/mol. The maximum absolute atomic E-state index is 12.1. The van der Waals surface area contributed by atoms with Crippen LogP contribution in [0.25, 0.3) is 0 Å². The van der Waals surface area contributed by atoms with Crippen molar-refractivity contribution < 1.29 is 4.79 Å². The minimum absolute atomic E-state index is 0.354. The Kier molecular flexibility index (Phi) is 5.04. The molecule has 0 radical (unpaired) electrons. The Morgan fingerprint density at radius 3 is 2.67 bits per heavy atom. The highest BCUT2D eigenvalue weighted by Crippen LogP contribution is 2.36. The molecular formula is C15H28N2O. The van der Waals surface area contributed by atoms with Crippen molar-refractivity contribution in [2.75, 3.05) is 19.6 Å². The molecule has 0 aromatic rings. The highest BCUT2D eigenvalue weighted by Gasteiger charge is 2.32. The molecule has 3 heteroatoms. The highest BCUT2D eigenvalue weighted by molar-refractivity contribution is 5.76. The Labute approximate surface area is 111 Å². The number of nitrogens with one attached hydrogen (secondary N) is 1. The topological polar surface area (TPSA) is 32.3 Å². The molecule has 1 saturated heterocycles. The Hall–Kier alpha value is -0.570. The van der Waals surface area contributed by atoms with Gasteiger partial charge in [0.05, 0.1) is 0 Å². The molecule has 0 aromatic carbocycles. The summed E-state index contributed by atoms with van der Waals surface area (Å²) in [6.07, 6.45) is 7.44. The molecule has 2 rings (SSSR count). The van der Waals surface area contributed by atoms with Crippen LogP contribution < -0.4 is 5.32 Å². The first-order chi connectivity index (χ1) is 8.66. The van der Waals surface area contributed by atoms with Crippen molar-refractivity contribution in [3.8, 4) is 0 Å². The van der Waals surface area contributed by atoms with E-state index < -0.39 is 0 Å². The number of nitrogens with zero attached hydrogens (tertiary/aromatic N) is 1. The van der Waals surface area contributed by atoms with E-state index in [1.165, 1.54) is 32.1 Å². The zero-order valence-electron chi connectivity index (χ0n) is 12.0. The van der Waals surface area contributed by atoms with E-state index in [0.29, 0.717) is 18.4 Å². The van der Waals surface area contributed by atoms with Gasteiger partial charge in [0.15, 0.2) is 0 Å². The predicted molar refractivity (Wildman–Crippen MR) is 74.4 cm³/mol. The number of hydrogen-bond acceptors (Lipinski definition) is 2. The molecular weight excluding hydrogens is 224 g/mol. The first-order valence-electron chi connectivity index (χ1n) is 7.68. The van der Waals surface area contributed by atoms with Gasteiger partial charge in [-0.05, 0) is 24.7 Å². The van der Waals surface area contributed by atoms with E-state index in [2.05, 4.69) is 24.1 Å². The lowest BCUT2D eigenvalue weighted by Crippen LogP contribution is -2.45. The summed E-state index contributed by atoms with van der Waals surface area (Å²) in [6.45, 7) is 7.10. The number of hydrogen-bond donors (Lipinski definition) is 1. The quantitative estimate of drug-likeness (QED) is 0.833. The fraction of sp³-hybridized carbons (Fsp3) is 0.933. The first kappa shape index (κ1) is 13.9. The molecule has 0 bridgehead atoms. The summed E-state index contributed by atoms with van der Waals surface area (Å²) in [4.78, 5) is 14.3. The molecule has 0 spiro atoms. The monoisotopic (exact) mass is 252 g/mol. The normalized spacial score (nSPS) is 28.3. The van der Waals surface area contributed by atoms with Crippen LogP contribution in [0.1, 0.15) is 52.4 Å². The summed E-state index contributed by atoms with van der Waals surface area (Å²) < 4.78 is 0. The second kappa shape index (κ2) is 6.55. The summed E-state index contributed by atoms with van der Waals surface area (Å²) in [5.74, 6) is 2.07.